The Morgan fingerprint density at radius 1 is 1.10 bits per heavy atom. The highest BCUT2D eigenvalue weighted by Crippen LogP contribution is 2.30. The summed E-state index contributed by atoms with van der Waals surface area (Å²) in [5.74, 6) is 0.565. The molecule has 29 heavy (non-hydrogen) atoms. The number of aromatic nitrogens is 1. The molecule has 0 bridgehead atoms. The van der Waals surface area contributed by atoms with Crippen LogP contribution >= 0.6 is 11.3 Å². The second kappa shape index (κ2) is 6.89. The van der Waals surface area contributed by atoms with Gasteiger partial charge in [0.2, 0.25) is 0 Å². The van der Waals surface area contributed by atoms with Crippen molar-refractivity contribution >= 4 is 44.7 Å². The first-order chi connectivity index (χ1) is 14.2. The predicted molar refractivity (Wildman–Crippen MR) is 113 cm³/mol. The zero-order valence-corrected chi connectivity index (χ0v) is 15.8. The molecule has 0 aliphatic rings. The van der Waals surface area contributed by atoms with E-state index in [1.807, 2.05) is 36.4 Å². The molecule has 0 aliphatic heterocycles. The lowest BCUT2D eigenvalue weighted by Crippen LogP contribution is -2.03. The molecule has 138 valence electrons. The smallest absolute Gasteiger partial charge is 0.345 e. The molecule has 5 aromatic rings. The van der Waals surface area contributed by atoms with Crippen LogP contribution in [0.2, 0.25) is 0 Å². The van der Waals surface area contributed by atoms with Gasteiger partial charge in [0.1, 0.15) is 22.4 Å². The van der Waals surface area contributed by atoms with Gasteiger partial charge < -0.3 is 8.83 Å². The van der Waals surface area contributed by atoms with Gasteiger partial charge in [0.25, 0.3) is 0 Å². The number of thiazole rings is 1. The predicted octanol–water partition coefficient (Wildman–Crippen LogP) is 5.73. The van der Waals surface area contributed by atoms with Crippen LogP contribution < -0.4 is 5.63 Å². The molecule has 0 unspecified atom stereocenters. The Morgan fingerprint density at radius 3 is 2.83 bits per heavy atom. The third-order valence-electron chi connectivity index (χ3n) is 4.60. The number of allylic oxidation sites excluding steroid dienone is 1. The lowest BCUT2D eigenvalue weighted by Gasteiger charge is -2.04. The number of furan rings is 1. The second-order valence-corrected chi connectivity index (χ2v) is 7.23. The standard InChI is InChI=1S/C23H12N2O3S/c24-12-15(10-16-5-3-9-27-16)22-25-20(13-29-22)19-11-18-17-6-2-1-4-14(17)7-8-21(18)28-23(19)26/h1-11,13H. The molecule has 0 atom stereocenters. The highest BCUT2D eigenvalue weighted by atomic mass is 32.1. The van der Waals surface area contributed by atoms with Crippen molar-refractivity contribution in [1.82, 2.24) is 4.98 Å². The Morgan fingerprint density at radius 2 is 2.00 bits per heavy atom. The van der Waals surface area contributed by atoms with E-state index in [0.717, 1.165) is 16.2 Å². The van der Waals surface area contributed by atoms with Crippen molar-refractivity contribution in [3.8, 4) is 17.3 Å². The maximum Gasteiger partial charge on any atom is 0.345 e. The number of hydrogen-bond donors (Lipinski definition) is 0. The molecule has 0 aliphatic carbocycles. The van der Waals surface area contributed by atoms with E-state index < -0.39 is 5.63 Å². The molecule has 5 rings (SSSR count). The lowest BCUT2D eigenvalue weighted by atomic mass is 10.0. The van der Waals surface area contributed by atoms with Crippen molar-refractivity contribution in [3.63, 3.8) is 0 Å². The van der Waals surface area contributed by atoms with Crippen molar-refractivity contribution in [2.45, 2.75) is 0 Å². The van der Waals surface area contributed by atoms with Gasteiger partial charge in [0.15, 0.2) is 0 Å². The monoisotopic (exact) mass is 396 g/mol. The number of nitrogens with zero attached hydrogens (tertiary/aromatic N) is 2. The van der Waals surface area contributed by atoms with E-state index in [1.165, 1.54) is 11.3 Å². The summed E-state index contributed by atoms with van der Waals surface area (Å²) in [5.41, 5.74) is 1.29. The van der Waals surface area contributed by atoms with Crippen molar-refractivity contribution in [1.29, 1.82) is 5.26 Å². The van der Waals surface area contributed by atoms with E-state index in [-0.39, 0.29) is 0 Å². The van der Waals surface area contributed by atoms with Gasteiger partial charge in [-0.05, 0) is 35.0 Å². The summed E-state index contributed by atoms with van der Waals surface area (Å²) in [5, 5.41) is 14.7. The highest BCUT2D eigenvalue weighted by Gasteiger charge is 2.15. The largest absolute Gasteiger partial charge is 0.465 e. The number of hydrogen-bond acceptors (Lipinski definition) is 6. The zero-order valence-electron chi connectivity index (χ0n) is 15.0. The molecule has 0 saturated heterocycles. The average molecular weight is 396 g/mol. The molecule has 0 fully saturated rings. The van der Waals surface area contributed by atoms with E-state index in [1.54, 1.807) is 35.9 Å². The summed E-state index contributed by atoms with van der Waals surface area (Å²) < 4.78 is 10.8. The fourth-order valence-electron chi connectivity index (χ4n) is 3.23. The zero-order chi connectivity index (χ0) is 19.8. The molecular weight excluding hydrogens is 384 g/mol. The summed E-state index contributed by atoms with van der Waals surface area (Å²) >= 11 is 1.29. The average Bonchev–Trinajstić information content (AvgIpc) is 3.43. The second-order valence-electron chi connectivity index (χ2n) is 6.37. The van der Waals surface area contributed by atoms with E-state index in [4.69, 9.17) is 8.83 Å². The fraction of sp³-hybridized carbons (Fsp3) is 0. The van der Waals surface area contributed by atoms with Gasteiger partial charge in [0.05, 0.1) is 23.1 Å². The molecule has 0 radical (unpaired) electrons. The molecule has 3 aromatic heterocycles. The quantitative estimate of drug-likeness (QED) is 0.221. The van der Waals surface area contributed by atoms with Crippen molar-refractivity contribution in [2.24, 2.45) is 0 Å². The summed E-state index contributed by atoms with van der Waals surface area (Å²) in [7, 11) is 0. The molecule has 0 saturated carbocycles. The third kappa shape index (κ3) is 3.04. The van der Waals surface area contributed by atoms with Gasteiger partial charge in [-0.25, -0.2) is 9.78 Å². The molecule has 6 heteroatoms. The van der Waals surface area contributed by atoms with Crippen molar-refractivity contribution in [2.75, 3.05) is 0 Å². The van der Waals surface area contributed by atoms with Crippen LogP contribution in [0, 0.1) is 11.3 Å². The Bertz CT molecular complexity index is 1480. The van der Waals surface area contributed by atoms with Crippen LogP contribution in [0.5, 0.6) is 0 Å². The van der Waals surface area contributed by atoms with Crippen LogP contribution in [0.4, 0.5) is 0 Å². The number of nitriles is 1. The Hall–Kier alpha value is -3.95. The minimum Gasteiger partial charge on any atom is -0.465 e. The minimum atomic E-state index is -0.460. The van der Waals surface area contributed by atoms with E-state index in [9.17, 15) is 10.1 Å². The van der Waals surface area contributed by atoms with Gasteiger partial charge in [-0.2, -0.15) is 5.26 Å². The Labute approximate surface area is 168 Å². The normalized spacial score (nSPS) is 11.8. The number of rotatable bonds is 3. The lowest BCUT2D eigenvalue weighted by molar-refractivity contribution is 0.557. The summed E-state index contributed by atoms with van der Waals surface area (Å²) in [6.07, 6.45) is 3.16. The first-order valence-corrected chi connectivity index (χ1v) is 9.68. The third-order valence-corrected chi connectivity index (χ3v) is 5.48. The van der Waals surface area contributed by atoms with Crippen LogP contribution in [0.25, 0.3) is 44.6 Å². The first-order valence-electron chi connectivity index (χ1n) is 8.80. The molecule has 0 spiro atoms. The Kier molecular flexibility index (Phi) is 4.08. The SMILES string of the molecule is N#CC(=Cc1ccco1)c1nc(-c2cc3c(ccc4ccccc43)oc2=O)cs1. The Balaban J connectivity index is 1.65. The maximum absolute atomic E-state index is 12.6. The molecule has 2 aromatic carbocycles. The van der Waals surface area contributed by atoms with Crippen LogP contribution in [-0.4, -0.2) is 4.98 Å². The summed E-state index contributed by atoms with van der Waals surface area (Å²) in [4.78, 5) is 17.1. The van der Waals surface area contributed by atoms with Gasteiger partial charge in [-0.1, -0.05) is 30.3 Å². The number of benzene rings is 2. The van der Waals surface area contributed by atoms with Crippen molar-refractivity contribution < 1.29 is 8.83 Å². The van der Waals surface area contributed by atoms with E-state index in [0.29, 0.717) is 33.2 Å². The highest BCUT2D eigenvalue weighted by molar-refractivity contribution is 7.11. The van der Waals surface area contributed by atoms with Gasteiger partial charge in [-0.3, -0.25) is 0 Å². The minimum absolute atomic E-state index is 0.367. The summed E-state index contributed by atoms with van der Waals surface area (Å²) in [6, 6.07) is 19.1. The van der Waals surface area contributed by atoms with E-state index >= 15 is 0 Å². The molecule has 5 nitrogen and oxygen atoms in total. The van der Waals surface area contributed by atoms with Crippen LogP contribution in [0.1, 0.15) is 10.8 Å². The van der Waals surface area contributed by atoms with Gasteiger partial charge in [0, 0.05) is 16.8 Å². The molecule has 3 heterocycles. The summed E-state index contributed by atoms with van der Waals surface area (Å²) in [6.45, 7) is 0. The van der Waals surface area contributed by atoms with Gasteiger partial charge >= 0.3 is 5.63 Å². The molecular formula is C23H12N2O3S. The van der Waals surface area contributed by atoms with Crippen LogP contribution in [-0.2, 0) is 0 Å². The topological polar surface area (TPSA) is 80.0 Å². The van der Waals surface area contributed by atoms with Crippen molar-refractivity contribution in [3.05, 3.63) is 87.4 Å². The van der Waals surface area contributed by atoms with Crippen LogP contribution in [0.3, 0.4) is 0 Å². The van der Waals surface area contributed by atoms with Crippen LogP contribution in [0.15, 0.2) is 79.9 Å². The molecule has 0 amide bonds. The number of fused-ring (bicyclic) bond motifs is 3. The fourth-order valence-corrected chi connectivity index (χ4v) is 4.01. The first kappa shape index (κ1) is 17.2. The van der Waals surface area contributed by atoms with E-state index in [2.05, 4.69) is 11.1 Å². The maximum atomic E-state index is 12.6. The van der Waals surface area contributed by atoms with Gasteiger partial charge in [-0.15, -0.1) is 11.3 Å². The molecule has 0 N–H and O–H groups in total.